The van der Waals surface area contributed by atoms with Crippen LogP contribution < -0.4 is 10.1 Å². The molecule has 1 spiro atoms. The van der Waals surface area contributed by atoms with Gasteiger partial charge in [0.05, 0.1) is 11.3 Å². The molecule has 0 saturated heterocycles. The number of phenols is 2. The summed E-state index contributed by atoms with van der Waals surface area (Å²) in [4.78, 5) is 23.3. The Balaban J connectivity index is 0.000000229. The number of aromatic hydroxyl groups is 2. The summed E-state index contributed by atoms with van der Waals surface area (Å²) >= 11 is 6.25. The summed E-state index contributed by atoms with van der Waals surface area (Å²) < 4.78 is 21.7. The average Bonchev–Trinajstić information content (AvgIpc) is 3.19. The van der Waals surface area contributed by atoms with Crippen molar-refractivity contribution in [2.24, 2.45) is 0 Å². The molecular weight excluding hydrogens is 537 g/mol. The van der Waals surface area contributed by atoms with Gasteiger partial charge in [0.15, 0.2) is 5.60 Å². The fraction of sp³-hybridized carbons (Fsp3) is 0.200. The summed E-state index contributed by atoms with van der Waals surface area (Å²) in [6.45, 7) is 0. The number of amides is 1. The Bertz CT molecular complexity index is 1350. The van der Waals surface area contributed by atoms with Gasteiger partial charge in [0.1, 0.15) is 23.0 Å². The first-order valence-electron chi connectivity index (χ1n) is 10.9. The van der Waals surface area contributed by atoms with E-state index < -0.39 is 17.3 Å². The maximum absolute atomic E-state index is 12.5. The Morgan fingerprint density at radius 3 is 2.11 bits per heavy atom. The van der Waals surface area contributed by atoms with Crippen LogP contribution in [0.2, 0.25) is 0 Å². The lowest BCUT2D eigenvalue weighted by Gasteiger charge is -2.36. The molecule has 0 radical (unpaired) electrons. The maximum Gasteiger partial charge on any atom is 0.340 e. The fourth-order valence-corrected chi connectivity index (χ4v) is 6.76. The maximum atomic E-state index is 12.5. The van der Waals surface area contributed by atoms with Gasteiger partial charge in [0.2, 0.25) is 11.6 Å². The van der Waals surface area contributed by atoms with Crippen molar-refractivity contribution in [2.45, 2.75) is 5.60 Å². The highest BCUT2D eigenvalue weighted by atomic mass is 32.9. The van der Waals surface area contributed by atoms with Crippen LogP contribution in [0.25, 0.3) is 0 Å². The Morgan fingerprint density at radius 2 is 1.57 bits per heavy atom. The molecule has 3 aromatic carbocycles. The second kappa shape index (κ2) is 10.7. The minimum atomic E-state index is -2.26. The molecule has 0 saturated carbocycles. The van der Waals surface area contributed by atoms with Crippen LogP contribution in [0.4, 0.5) is 0 Å². The highest BCUT2D eigenvalue weighted by Gasteiger charge is 2.53. The van der Waals surface area contributed by atoms with Crippen molar-refractivity contribution in [3.63, 3.8) is 0 Å². The first-order valence-corrected chi connectivity index (χ1v) is 15.1. The minimum Gasteiger partial charge on any atom is -0.508 e. The van der Waals surface area contributed by atoms with E-state index in [2.05, 4.69) is 5.32 Å². The Hall–Kier alpha value is -3.08. The van der Waals surface area contributed by atoms with Crippen LogP contribution >= 0.6 is 17.1 Å². The van der Waals surface area contributed by atoms with E-state index in [1.54, 1.807) is 31.3 Å². The lowest BCUT2D eigenvalue weighted by Crippen LogP contribution is -2.32. The second-order valence-electron chi connectivity index (χ2n) is 7.84. The predicted molar refractivity (Wildman–Crippen MR) is 143 cm³/mol. The van der Waals surface area contributed by atoms with Gasteiger partial charge >= 0.3 is 5.97 Å². The molecule has 1 amide bonds. The molecule has 2 heterocycles. The number of benzene rings is 3. The minimum absolute atomic E-state index is 0.0371. The smallest absolute Gasteiger partial charge is 0.340 e. The van der Waals surface area contributed by atoms with E-state index in [0.29, 0.717) is 33.8 Å². The van der Waals surface area contributed by atoms with Crippen molar-refractivity contribution in [1.82, 2.24) is 5.32 Å². The molecule has 0 bridgehead atoms. The van der Waals surface area contributed by atoms with E-state index in [1.165, 1.54) is 49.9 Å². The molecule has 3 N–H and O–H groups in total. The number of hydrogen-bond donors (Lipinski definition) is 3. The van der Waals surface area contributed by atoms with Gasteiger partial charge in [-0.3, -0.25) is 4.79 Å². The topological polar surface area (TPSA) is 124 Å². The number of carbonyl (C=O) groups excluding carboxylic acids is 2. The zero-order valence-corrected chi connectivity index (χ0v) is 22.6. The van der Waals surface area contributed by atoms with Crippen molar-refractivity contribution < 1.29 is 38.3 Å². The predicted octanol–water partition coefficient (Wildman–Crippen LogP) is 4.65. The summed E-state index contributed by atoms with van der Waals surface area (Å²) in [7, 11) is 4.55. The SMILES string of the molecule is CNC(=O)CSP(=S)(OC)OC.O=C1OC2(c3ccc(O)cc3Oc3cc(O)ccc32)c2ccccc21. The molecule has 2 aliphatic rings. The van der Waals surface area contributed by atoms with Crippen LogP contribution in [0.1, 0.15) is 27.0 Å². The van der Waals surface area contributed by atoms with Crippen LogP contribution in [0.3, 0.4) is 0 Å². The molecule has 12 heteroatoms. The van der Waals surface area contributed by atoms with Gasteiger partial charge in [-0.05, 0) is 42.1 Å². The second-order valence-corrected chi connectivity index (χ2v) is 14.4. The number of rotatable bonds is 5. The Morgan fingerprint density at radius 1 is 1.00 bits per heavy atom. The third-order valence-electron chi connectivity index (χ3n) is 5.76. The van der Waals surface area contributed by atoms with E-state index in [1.807, 2.05) is 12.1 Å². The summed E-state index contributed by atoms with van der Waals surface area (Å²) in [6, 6.07) is 16.6. The normalized spacial score (nSPS) is 14.3. The van der Waals surface area contributed by atoms with Crippen LogP contribution in [0.5, 0.6) is 23.0 Å². The van der Waals surface area contributed by atoms with Gasteiger partial charge in [-0.15, -0.1) is 0 Å². The third kappa shape index (κ3) is 5.05. The van der Waals surface area contributed by atoms with Gasteiger partial charge in [-0.25, -0.2) is 4.79 Å². The fourth-order valence-electron chi connectivity index (χ4n) is 4.04. The number of ether oxygens (including phenoxy) is 2. The lowest BCUT2D eigenvalue weighted by atomic mass is 9.77. The molecule has 0 aromatic heterocycles. The highest BCUT2D eigenvalue weighted by molar-refractivity contribution is 8.68. The molecule has 3 aromatic rings. The van der Waals surface area contributed by atoms with E-state index >= 15 is 0 Å². The number of phenolic OH excluding ortho intramolecular Hbond substituents is 2. The molecule has 0 unspecified atom stereocenters. The van der Waals surface area contributed by atoms with Gasteiger partial charge in [-0.1, -0.05) is 29.6 Å². The van der Waals surface area contributed by atoms with Crippen LogP contribution in [0.15, 0.2) is 60.7 Å². The monoisotopic (exact) mass is 561 g/mol. The summed E-state index contributed by atoms with van der Waals surface area (Å²) in [6.07, 6.45) is 0. The standard InChI is InChI=1S/C20H12O5.C5H12NO3PS2/c21-11-5-7-15-17(9-11)24-18-10-12(22)6-8-16(18)20(15)14-4-2-1-3-13(14)19(23)25-20;1-6-5(7)4-12-10(11,8-2)9-3/h1-10,21-22H;4H2,1-3H3,(H,6,7). The molecule has 0 fully saturated rings. The van der Waals surface area contributed by atoms with Crippen molar-refractivity contribution >= 4 is 40.8 Å². The molecule has 37 heavy (non-hydrogen) atoms. The first kappa shape index (κ1) is 27.0. The van der Waals surface area contributed by atoms with E-state index in [-0.39, 0.29) is 23.2 Å². The molecule has 0 atom stereocenters. The highest BCUT2D eigenvalue weighted by Crippen LogP contribution is 2.59. The van der Waals surface area contributed by atoms with Gasteiger partial charge in [-0.2, -0.15) is 0 Å². The molecule has 9 nitrogen and oxygen atoms in total. The number of nitrogens with one attached hydrogen (secondary N) is 1. The van der Waals surface area contributed by atoms with Gasteiger partial charge < -0.3 is 34.1 Å². The summed E-state index contributed by atoms with van der Waals surface area (Å²) in [5.41, 5.74) is -0.976. The van der Waals surface area contributed by atoms with E-state index in [0.717, 1.165) is 0 Å². The van der Waals surface area contributed by atoms with Crippen LogP contribution in [-0.4, -0.2) is 49.1 Å². The van der Waals surface area contributed by atoms with Crippen molar-refractivity contribution in [1.29, 1.82) is 0 Å². The van der Waals surface area contributed by atoms with Gasteiger partial charge in [0.25, 0.3) is 0 Å². The van der Waals surface area contributed by atoms with E-state index in [4.69, 9.17) is 30.3 Å². The Labute approximate surface area is 222 Å². The molecule has 2 aliphatic heterocycles. The van der Waals surface area contributed by atoms with Gasteiger partial charge in [0, 0.05) is 50.1 Å². The number of fused-ring (bicyclic) bond motifs is 6. The largest absolute Gasteiger partial charge is 0.508 e. The summed E-state index contributed by atoms with van der Waals surface area (Å²) in [5.74, 6) is 0.601. The third-order valence-corrected chi connectivity index (χ3v) is 11.4. The quantitative estimate of drug-likeness (QED) is 0.300. The zero-order valence-electron chi connectivity index (χ0n) is 20.1. The average molecular weight is 562 g/mol. The molecular formula is C25H24NO8PS2. The number of carbonyl (C=O) groups is 2. The van der Waals surface area contributed by atoms with Crippen molar-refractivity contribution in [3.05, 3.63) is 82.9 Å². The lowest BCUT2D eigenvalue weighted by molar-refractivity contribution is -0.118. The van der Waals surface area contributed by atoms with E-state index in [9.17, 15) is 19.8 Å². The zero-order chi connectivity index (χ0) is 26.8. The van der Waals surface area contributed by atoms with Crippen molar-refractivity contribution in [2.75, 3.05) is 27.0 Å². The first-order chi connectivity index (χ1) is 17.7. The number of esters is 1. The number of hydrogen-bond acceptors (Lipinski definition) is 10. The van der Waals surface area contributed by atoms with Crippen LogP contribution in [-0.2, 0) is 36.0 Å². The molecule has 194 valence electrons. The molecule has 0 aliphatic carbocycles. The molecule has 5 rings (SSSR count). The van der Waals surface area contributed by atoms with Crippen LogP contribution in [0, 0.1) is 0 Å². The Kier molecular flexibility index (Phi) is 7.82. The van der Waals surface area contributed by atoms with Crippen molar-refractivity contribution in [3.8, 4) is 23.0 Å². The summed E-state index contributed by atoms with van der Waals surface area (Å²) in [5, 5.41) is 22.2.